The van der Waals surface area contributed by atoms with Gasteiger partial charge in [0.2, 0.25) is 0 Å². The minimum absolute atomic E-state index is 0.708. The van der Waals surface area contributed by atoms with Crippen molar-refractivity contribution >= 4 is 5.71 Å². The van der Waals surface area contributed by atoms with Gasteiger partial charge in [-0.15, -0.1) is 0 Å². The lowest BCUT2D eigenvalue weighted by molar-refractivity contribution is 0.353. The van der Waals surface area contributed by atoms with Gasteiger partial charge in [-0.05, 0) is 38.8 Å². The molecule has 0 aromatic carbocycles. The van der Waals surface area contributed by atoms with E-state index in [-0.39, 0.29) is 0 Å². The van der Waals surface area contributed by atoms with Crippen LogP contribution in [0.25, 0.3) is 0 Å². The molecule has 0 N–H and O–H groups in total. The van der Waals surface area contributed by atoms with E-state index in [1.807, 2.05) is 7.05 Å². The third-order valence-corrected chi connectivity index (χ3v) is 3.17. The summed E-state index contributed by atoms with van der Waals surface area (Å²) in [4.78, 5) is 6.81. The molecule has 2 atom stereocenters. The Morgan fingerprint density at radius 2 is 2.27 bits per heavy atom. The van der Waals surface area contributed by atoms with Crippen LogP contribution in [0, 0.1) is 5.92 Å². The van der Waals surface area contributed by atoms with Crippen LogP contribution in [0.2, 0.25) is 0 Å². The summed E-state index contributed by atoms with van der Waals surface area (Å²) in [5.41, 5.74) is 1.44. The Morgan fingerprint density at radius 1 is 1.45 bits per heavy atom. The maximum absolute atomic E-state index is 4.36. The molecule has 2 heteroatoms. The predicted octanol–water partition coefficient (Wildman–Crippen LogP) is 1.17. The molecule has 2 nitrogen and oxygen atoms in total. The maximum atomic E-state index is 4.36. The second-order valence-corrected chi connectivity index (χ2v) is 3.73. The first-order valence-corrected chi connectivity index (χ1v) is 4.48. The molecule has 2 rings (SSSR count). The summed E-state index contributed by atoms with van der Waals surface area (Å²) in [5.74, 6) is 0.929. The largest absolute Gasteiger partial charge is 0.298 e. The molecule has 62 valence electrons. The molecule has 1 heterocycles. The second-order valence-electron chi connectivity index (χ2n) is 3.73. The quantitative estimate of drug-likeness (QED) is 0.509. The molecule has 1 aliphatic heterocycles. The van der Waals surface area contributed by atoms with Crippen molar-refractivity contribution in [1.29, 1.82) is 0 Å². The molecule has 2 unspecified atom stereocenters. The van der Waals surface area contributed by atoms with Gasteiger partial charge in [-0.3, -0.25) is 9.89 Å². The van der Waals surface area contributed by atoms with Gasteiger partial charge in [0.05, 0.1) is 6.04 Å². The third kappa shape index (κ3) is 1.00. The predicted molar refractivity (Wildman–Crippen MR) is 47.1 cm³/mol. The highest BCUT2D eigenvalue weighted by Gasteiger charge is 2.39. The van der Waals surface area contributed by atoms with E-state index in [0.717, 1.165) is 5.92 Å². The van der Waals surface area contributed by atoms with Gasteiger partial charge in [0.1, 0.15) is 0 Å². The van der Waals surface area contributed by atoms with Crippen molar-refractivity contribution in [3.63, 3.8) is 0 Å². The number of nitrogens with zero attached hydrogens (tertiary/aromatic N) is 2. The molecule has 1 aliphatic carbocycles. The topological polar surface area (TPSA) is 15.6 Å². The van der Waals surface area contributed by atoms with Crippen LogP contribution in [-0.2, 0) is 0 Å². The average molecular weight is 152 g/mol. The SMILES string of the molecule is C/N=C1\CCC2CCN(C)C12. The van der Waals surface area contributed by atoms with Crippen molar-refractivity contribution in [3.8, 4) is 0 Å². The van der Waals surface area contributed by atoms with E-state index in [4.69, 9.17) is 0 Å². The van der Waals surface area contributed by atoms with Crippen LogP contribution in [-0.4, -0.2) is 37.3 Å². The van der Waals surface area contributed by atoms with Gasteiger partial charge in [0, 0.05) is 12.8 Å². The van der Waals surface area contributed by atoms with Gasteiger partial charge in [-0.25, -0.2) is 0 Å². The first-order chi connectivity index (χ1) is 5.33. The van der Waals surface area contributed by atoms with Crippen LogP contribution in [0.15, 0.2) is 4.99 Å². The zero-order chi connectivity index (χ0) is 7.84. The minimum atomic E-state index is 0.708. The van der Waals surface area contributed by atoms with Crippen LogP contribution in [0.3, 0.4) is 0 Å². The molecular formula is C9H16N2. The lowest BCUT2D eigenvalue weighted by atomic mass is 10.0. The summed E-state index contributed by atoms with van der Waals surface area (Å²) in [6, 6.07) is 0.708. The van der Waals surface area contributed by atoms with Crippen molar-refractivity contribution in [2.75, 3.05) is 20.6 Å². The zero-order valence-corrected chi connectivity index (χ0v) is 7.38. The van der Waals surface area contributed by atoms with E-state index in [9.17, 15) is 0 Å². The van der Waals surface area contributed by atoms with Crippen LogP contribution in [0.1, 0.15) is 19.3 Å². The summed E-state index contributed by atoms with van der Waals surface area (Å²) in [7, 11) is 4.16. The smallest absolute Gasteiger partial charge is 0.0502 e. The number of hydrogen-bond donors (Lipinski definition) is 0. The van der Waals surface area contributed by atoms with Crippen molar-refractivity contribution in [2.24, 2.45) is 10.9 Å². The Hall–Kier alpha value is -0.370. The highest BCUT2D eigenvalue weighted by molar-refractivity contribution is 5.92. The Labute approximate surface area is 68.3 Å². The fraction of sp³-hybridized carbons (Fsp3) is 0.889. The summed E-state index contributed by atoms with van der Waals surface area (Å²) in [6.07, 6.45) is 4.01. The molecule has 0 radical (unpaired) electrons. The highest BCUT2D eigenvalue weighted by Crippen LogP contribution is 2.34. The molecule has 2 fully saturated rings. The summed E-state index contributed by atoms with van der Waals surface area (Å²) < 4.78 is 0. The molecule has 1 saturated carbocycles. The number of aliphatic imine (C=N–C) groups is 1. The fourth-order valence-electron chi connectivity index (χ4n) is 2.58. The van der Waals surface area contributed by atoms with E-state index in [1.165, 1.54) is 31.5 Å². The van der Waals surface area contributed by atoms with Gasteiger partial charge >= 0.3 is 0 Å². The number of hydrogen-bond acceptors (Lipinski definition) is 2. The summed E-state index contributed by atoms with van der Waals surface area (Å²) in [6.45, 7) is 1.27. The Kier molecular flexibility index (Phi) is 1.72. The van der Waals surface area contributed by atoms with Crippen LogP contribution >= 0.6 is 0 Å². The summed E-state index contributed by atoms with van der Waals surface area (Å²) in [5, 5.41) is 0. The van der Waals surface area contributed by atoms with Gasteiger partial charge in [0.25, 0.3) is 0 Å². The first-order valence-electron chi connectivity index (χ1n) is 4.48. The summed E-state index contributed by atoms with van der Waals surface area (Å²) >= 11 is 0. The Morgan fingerprint density at radius 3 is 3.00 bits per heavy atom. The van der Waals surface area contributed by atoms with Crippen molar-refractivity contribution in [3.05, 3.63) is 0 Å². The van der Waals surface area contributed by atoms with E-state index in [2.05, 4.69) is 16.9 Å². The molecule has 0 bridgehead atoms. The molecule has 0 amide bonds. The van der Waals surface area contributed by atoms with Gasteiger partial charge in [-0.2, -0.15) is 0 Å². The van der Waals surface area contributed by atoms with Gasteiger partial charge in [0.15, 0.2) is 0 Å². The molecule has 1 saturated heterocycles. The average Bonchev–Trinajstić information content (AvgIpc) is 2.54. The molecule has 0 aromatic rings. The lowest BCUT2D eigenvalue weighted by Crippen LogP contribution is -2.32. The number of likely N-dealkylation sites (tertiary alicyclic amines) is 1. The van der Waals surface area contributed by atoms with Gasteiger partial charge in [-0.1, -0.05) is 0 Å². The Bertz CT molecular complexity index is 186. The number of rotatable bonds is 0. The first kappa shape index (κ1) is 7.29. The van der Waals surface area contributed by atoms with Crippen molar-refractivity contribution in [1.82, 2.24) is 4.90 Å². The minimum Gasteiger partial charge on any atom is -0.298 e. The maximum Gasteiger partial charge on any atom is 0.0502 e. The second kappa shape index (κ2) is 2.59. The van der Waals surface area contributed by atoms with Crippen molar-refractivity contribution in [2.45, 2.75) is 25.3 Å². The fourth-order valence-corrected chi connectivity index (χ4v) is 2.58. The van der Waals surface area contributed by atoms with Gasteiger partial charge < -0.3 is 0 Å². The number of fused-ring (bicyclic) bond motifs is 1. The normalized spacial score (nSPS) is 41.8. The molecular weight excluding hydrogens is 136 g/mol. The van der Waals surface area contributed by atoms with E-state index < -0.39 is 0 Å². The van der Waals surface area contributed by atoms with Crippen LogP contribution in [0.4, 0.5) is 0 Å². The standard InChI is InChI=1S/C9H16N2/c1-10-8-4-3-7-5-6-11(2)9(7)8/h7,9H,3-6H2,1-2H3/b10-8+. The van der Waals surface area contributed by atoms with E-state index >= 15 is 0 Å². The zero-order valence-electron chi connectivity index (χ0n) is 7.38. The monoisotopic (exact) mass is 152 g/mol. The lowest BCUT2D eigenvalue weighted by Gasteiger charge is -2.18. The molecule has 2 aliphatic rings. The third-order valence-electron chi connectivity index (χ3n) is 3.17. The Balaban J connectivity index is 2.20. The van der Waals surface area contributed by atoms with Crippen LogP contribution in [0.5, 0.6) is 0 Å². The van der Waals surface area contributed by atoms with E-state index in [0.29, 0.717) is 6.04 Å². The molecule has 11 heavy (non-hydrogen) atoms. The van der Waals surface area contributed by atoms with Crippen LogP contribution < -0.4 is 0 Å². The molecule has 0 spiro atoms. The highest BCUT2D eigenvalue weighted by atomic mass is 15.2. The van der Waals surface area contributed by atoms with Crippen molar-refractivity contribution < 1.29 is 0 Å². The molecule has 0 aromatic heterocycles. The van der Waals surface area contributed by atoms with E-state index in [1.54, 1.807) is 0 Å².